The fourth-order valence-electron chi connectivity index (χ4n) is 3.56. The standard InChI is InChI=1S/C13H10N2O2S2.C13H10N2OS2/c14-9-6-5-8(7-12(9)19(16)17)13-15-10-3-1-2-4-11(10)18-13;14-9-6-5-8(7-12(9)18-16)13-15-10-3-1-2-4-11(10)17-13/h1-7H,14H2,(H,16,17);1-7,16H,14H2. The number of anilines is 2. The maximum Gasteiger partial charge on any atom is 0.188 e. The van der Waals surface area contributed by atoms with E-state index in [1.54, 1.807) is 40.9 Å². The monoisotopic (exact) mass is 564 g/mol. The highest BCUT2D eigenvalue weighted by molar-refractivity contribution is 7.94. The lowest BCUT2D eigenvalue weighted by atomic mass is 10.2. The molecule has 7 nitrogen and oxygen atoms in total. The molecule has 4 aromatic carbocycles. The van der Waals surface area contributed by atoms with Crippen LogP contribution in [-0.2, 0) is 11.1 Å². The van der Waals surface area contributed by atoms with Crippen molar-refractivity contribution in [3.05, 3.63) is 84.9 Å². The molecule has 37 heavy (non-hydrogen) atoms. The molecule has 0 aliphatic rings. The summed E-state index contributed by atoms with van der Waals surface area (Å²) in [6.45, 7) is 0. The molecule has 6 aromatic rings. The molecule has 6 rings (SSSR count). The van der Waals surface area contributed by atoms with Crippen LogP contribution in [0.25, 0.3) is 41.6 Å². The molecular formula is C26H20N4O3S4. The van der Waals surface area contributed by atoms with Crippen LogP contribution in [-0.4, -0.2) is 23.3 Å². The highest BCUT2D eigenvalue weighted by Gasteiger charge is 2.11. The van der Waals surface area contributed by atoms with E-state index in [1.165, 1.54) is 0 Å². The van der Waals surface area contributed by atoms with Gasteiger partial charge in [-0.05, 0) is 60.7 Å². The van der Waals surface area contributed by atoms with Crippen molar-refractivity contribution in [2.45, 2.75) is 9.79 Å². The third-order valence-electron chi connectivity index (χ3n) is 5.40. The maximum absolute atomic E-state index is 11.2. The molecule has 0 fully saturated rings. The number of nitrogen functional groups attached to an aromatic ring is 2. The largest absolute Gasteiger partial charge is 0.398 e. The Morgan fingerprint density at radius 3 is 1.76 bits per heavy atom. The van der Waals surface area contributed by atoms with Crippen molar-refractivity contribution in [3.8, 4) is 21.1 Å². The van der Waals surface area contributed by atoms with E-state index >= 15 is 0 Å². The molecule has 0 bridgehead atoms. The number of aromatic nitrogens is 2. The summed E-state index contributed by atoms with van der Waals surface area (Å²) in [7, 11) is 0. The van der Waals surface area contributed by atoms with Gasteiger partial charge in [-0.3, -0.25) is 0 Å². The molecule has 0 saturated carbocycles. The van der Waals surface area contributed by atoms with E-state index in [4.69, 9.17) is 16.0 Å². The predicted molar refractivity (Wildman–Crippen MR) is 156 cm³/mol. The van der Waals surface area contributed by atoms with Crippen molar-refractivity contribution in [1.82, 2.24) is 9.97 Å². The summed E-state index contributed by atoms with van der Waals surface area (Å²) in [6, 6.07) is 26.5. The highest BCUT2D eigenvalue weighted by atomic mass is 32.2. The molecule has 6 N–H and O–H groups in total. The zero-order valence-electron chi connectivity index (χ0n) is 19.1. The Hall–Kier alpha value is -3.32. The first kappa shape index (κ1) is 25.3. The first-order valence-corrected chi connectivity index (χ1v) is 14.4. The maximum atomic E-state index is 11.2. The van der Waals surface area contributed by atoms with Gasteiger partial charge in [0, 0.05) is 28.9 Å². The highest BCUT2D eigenvalue weighted by Crippen LogP contribution is 2.34. The van der Waals surface area contributed by atoms with Gasteiger partial charge in [0.2, 0.25) is 0 Å². The van der Waals surface area contributed by atoms with Crippen molar-refractivity contribution in [3.63, 3.8) is 0 Å². The predicted octanol–water partition coefficient (Wildman–Crippen LogP) is 7.24. The van der Waals surface area contributed by atoms with Crippen LogP contribution in [0.3, 0.4) is 0 Å². The minimum Gasteiger partial charge on any atom is -0.398 e. The number of para-hydroxylation sites is 2. The minimum absolute atomic E-state index is 0.219. The summed E-state index contributed by atoms with van der Waals surface area (Å²) in [4.78, 5) is 9.96. The van der Waals surface area contributed by atoms with Crippen LogP contribution in [0, 0.1) is 0 Å². The molecule has 1 atom stereocenters. The Kier molecular flexibility index (Phi) is 7.51. The van der Waals surface area contributed by atoms with Crippen molar-refractivity contribution in [2.75, 3.05) is 11.5 Å². The van der Waals surface area contributed by atoms with Gasteiger partial charge >= 0.3 is 0 Å². The van der Waals surface area contributed by atoms with Gasteiger partial charge in [0.1, 0.15) is 10.0 Å². The molecule has 1 unspecified atom stereocenters. The quantitative estimate of drug-likeness (QED) is 0.1000. The molecule has 11 heteroatoms. The van der Waals surface area contributed by atoms with Gasteiger partial charge in [-0.2, -0.15) is 0 Å². The Morgan fingerprint density at radius 2 is 1.24 bits per heavy atom. The second-order valence-corrected chi connectivity index (χ2v) is 11.4. The summed E-state index contributed by atoms with van der Waals surface area (Å²) < 4.78 is 31.8. The number of hydrogen-bond donors (Lipinski definition) is 4. The average molecular weight is 565 g/mol. The molecule has 0 amide bonds. The average Bonchev–Trinajstić information content (AvgIpc) is 3.54. The molecular weight excluding hydrogens is 545 g/mol. The van der Waals surface area contributed by atoms with E-state index in [1.807, 2.05) is 60.7 Å². The molecule has 0 saturated heterocycles. The van der Waals surface area contributed by atoms with Crippen LogP contribution in [0.2, 0.25) is 0 Å². The first-order valence-electron chi connectivity index (χ1n) is 10.9. The van der Waals surface area contributed by atoms with E-state index in [0.717, 1.165) is 41.6 Å². The zero-order chi connectivity index (χ0) is 25.9. The number of rotatable bonds is 4. The summed E-state index contributed by atoms with van der Waals surface area (Å²) >= 11 is 1.75. The van der Waals surface area contributed by atoms with Crippen LogP contribution >= 0.6 is 34.7 Å². The third kappa shape index (κ3) is 5.52. The van der Waals surface area contributed by atoms with Crippen molar-refractivity contribution in [1.29, 1.82) is 0 Å². The van der Waals surface area contributed by atoms with Crippen LogP contribution in [0.15, 0.2) is 94.7 Å². The van der Waals surface area contributed by atoms with Crippen LogP contribution in [0.4, 0.5) is 11.4 Å². The number of fused-ring (bicyclic) bond motifs is 2. The molecule has 0 aliphatic carbocycles. The fourth-order valence-corrected chi connectivity index (χ4v) is 6.33. The van der Waals surface area contributed by atoms with Gasteiger partial charge in [0.25, 0.3) is 0 Å². The van der Waals surface area contributed by atoms with Gasteiger partial charge in [0.05, 0.1) is 35.9 Å². The van der Waals surface area contributed by atoms with Crippen LogP contribution in [0.1, 0.15) is 0 Å². The first-order chi connectivity index (χ1) is 17.9. The lowest BCUT2D eigenvalue weighted by molar-refractivity contribution is 0.565. The molecule has 0 radical (unpaired) electrons. The lowest BCUT2D eigenvalue weighted by Gasteiger charge is -2.03. The fraction of sp³-hybridized carbons (Fsp3) is 0. The summed E-state index contributed by atoms with van der Waals surface area (Å²) in [5, 5.41) is 1.75. The smallest absolute Gasteiger partial charge is 0.188 e. The molecule has 2 aromatic heterocycles. The number of hydrogen-bond acceptors (Lipinski definition) is 9. The SMILES string of the molecule is Nc1ccc(-c2nc3ccccc3s2)cc1S(=O)O.Nc1ccc(-c2nc3ccccc3s2)cc1SO. The van der Waals surface area contributed by atoms with Crippen molar-refractivity contribution >= 4 is 77.6 Å². The topological polar surface area (TPSA) is 135 Å². The Labute approximate surface area is 227 Å². The third-order valence-corrected chi connectivity index (χ3v) is 8.85. The van der Waals surface area contributed by atoms with E-state index in [0.29, 0.717) is 28.3 Å². The molecule has 0 aliphatic heterocycles. The van der Waals surface area contributed by atoms with Gasteiger partial charge < -0.3 is 20.6 Å². The summed E-state index contributed by atoms with van der Waals surface area (Å²) in [5.74, 6) is 0. The second kappa shape index (κ2) is 11.0. The van der Waals surface area contributed by atoms with Gasteiger partial charge in [-0.1, -0.05) is 24.3 Å². The van der Waals surface area contributed by atoms with Crippen molar-refractivity contribution < 1.29 is 13.3 Å². The van der Waals surface area contributed by atoms with E-state index in [2.05, 4.69) is 16.0 Å². The lowest BCUT2D eigenvalue weighted by Crippen LogP contribution is -1.96. The Balaban J connectivity index is 0.000000152. The number of nitrogens with zero attached hydrogens (tertiary/aromatic N) is 2. The zero-order valence-corrected chi connectivity index (χ0v) is 22.3. The number of benzene rings is 4. The van der Waals surface area contributed by atoms with Gasteiger partial charge in [-0.15, -0.1) is 22.7 Å². The van der Waals surface area contributed by atoms with E-state index < -0.39 is 11.1 Å². The summed E-state index contributed by atoms with van der Waals surface area (Å²) in [6.07, 6.45) is 0. The van der Waals surface area contributed by atoms with Gasteiger partial charge in [-0.25, -0.2) is 14.2 Å². The molecule has 186 valence electrons. The minimum atomic E-state index is -2.09. The van der Waals surface area contributed by atoms with Gasteiger partial charge in [0.15, 0.2) is 11.1 Å². The van der Waals surface area contributed by atoms with Crippen LogP contribution < -0.4 is 11.5 Å². The Bertz CT molecular complexity index is 1680. The van der Waals surface area contributed by atoms with E-state index in [-0.39, 0.29) is 4.90 Å². The summed E-state index contributed by atoms with van der Waals surface area (Å²) in [5.41, 5.74) is 16.0. The number of thiazole rings is 2. The molecule has 0 spiro atoms. The van der Waals surface area contributed by atoms with Crippen molar-refractivity contribution in [2.24, 2.45) is 0 Å². The second-order valence-electron chi connectivity index (χ2n) is 7.82. The normalized spacial score (nSPS) is 11.8. The molecule has 2 heterocycles. The van der Waals surface area contributed by atoms with E-state index in [9.17, 15) is 8.76 Å². The Morgan fingerprint density at radius 1 is 0.730 bits per heavy atom. The number of nitrogens with two attached hydrogens (primary N) is 2. The van der Waals surface area contributed by atoms with Crippen LogP contribution in [0.5, 0.6) is 0 Å².